The fraction of sp³-hybridized carbons (Fsp3) is 0.591. The average molecular weight is 435 g/mol. The van der Waals surface area contributed by atoms with Gasteiger partial charge in [-0.1, -0.05) is 18.6 Å². The number of alkyl halides is 2. The predicted octanol–water partition coefficient (Wildman–Crippen LogP) is 3.00. The van der Waals surface area contributed by atoms with Crippen LogP contribution in [-0.4, -0.2) is 41.9 Å². The summed E-state index contributed by atoms with van der Waals surface area (Å²) in [6.45, 7) is 0.191. The van der Waals surface area contributed by atoms with E-state index in [2.05, 4.69) is 15.4 Å². The van der Waals surface area contributed by atoms with Gasteiger partial charge in [0.25, 0.3) is 5.91 Å². The minimum absolute atomic E-state index is 0.00247. The van der Waals surface area contributed by atoms with Crippen molar-refractivity contribution in [1.82, 2.24) is 15.5 Å². The Morgan fingerprint density at radius 2 is 1.97 bits per heavy atom. The number of fused-ring (bicyclic) bond motifs is 2. The molecule has 3 fully saturated rings. The second-order valence-electron chi connectivity index (χ2n) is 9.04. The molecule has 168 valence electrons. The standard InChI is InChI=1S/C22H27F2N3O4/c1-12(17-10-13-3-4-14(17)9-13)25-18(28)11-27-19(29)22(2,26-21(27)30)15-5-7-16(8-6-15)31-20(23)24/h5-8,12-14,17,20H,3-4,9-11H2,1-2H3,(H,25,28)(H,26,30)/t12-,13-,14+,17-,22-/m0/s1. The summed E-state index contributed by atoms with van der Waals surface area (Å²) in [6.07, 6.45) is 4.84. The van der Waals surface area contributed by atoms with Crippen LogP contribution in [0.25, 0.3) is 0 Å². The Morgan fingerprint density at radius 3 is 2.55 bits per heavy atom. The summed E-state index contributed by atoms with van der Waals surface area (Å²) < 4.78 is 29.0. The lowest BCUT2D eigenvalue weighted by Gasteiger charge is -2.29. The largest absolute Gasteiger partial charge is 0.435 e. The van der Waals surface area contributed by atoms with Gasteiger partial charge in [-0.25, -0.2) is 4.79 Å². The number of benzene rings is 1. The normalized spacial score (nSPS) is 30.6. The summed E-state index contributed by atoms with van der Waals surface area (Å²) in [5, 5.41) is 5.58. The van der Waals surface area contributed by atoms with Crippen molar-refractivity contribution in [2.75, 3.05) is 6.54 Å². The van der Waals surface area contributed by atoms with Gasteiger partial charge >= 0.3 is 12.6 Å². The lowest BCUT2D eigenvalue weighted by atomic mass is 9.84. The minimum atomic E-state index is -2.95. The van der Waals surface area contributed by atoms with Gasteiger partial charge in [-0.2, -0.15) is 8.78 Å². The zero-order valence-corrected chi connectivity index (χ0v) is 17.6. The fourth-order valence-corrected chi connectivity index (χ4v) is 5.46. The van der Waals surface area contributed by atoms with E-state index in [1.807, 2.05) is 6.92 Å². The highest BCUT2D eigenvalue weighted by atomic mass is 19.3. The van der Waals surface area contributed by atoms with E-state index in [0.717, 1.165) is 17.2 Å². The molecule has 1 heterocycles. The highest BCUT2D eigenvalue weighted by molar-refractivity contribution is 6.09. The van der Waals surface area contributed by atoms with Gasteiger partial charge < -0.3 is 15.4 Å². The molecule has 31 heavy (non-hydrogen) atoms. The Bertz CT molecular complexity index is 878. The van der Waals surface area contributed by atoms with Crippen molar-refractivity contribution >= 4 is 17.8 Å². The number of hydrogen-bond acceptors (Lipinski definition) is 4. The molecule has 1 saturated heterocycles. The summed E-state index contributed by atoms with van der Waals surface area (Å²) >= 11 is 0. The van der Waals surface area contributed by atoms with Crippen molar-refractivity contribution in [2.24, 2.45) is 17.8 Å². The van der Waals surface area contributed by atoms with Gasteiger partial charge in [0, 0.05) is 6.04 Å². The van der Waals surface area contributed by atoms with E-state index in [-0.39, 0.29) is 24.2 Å². The molecule has 1 aliphatic heterocycles. The van der Waals surface area contributed by atoms with E-state index in [1.165, 1.54) is 50.5 Å². The third kappa shape index (κ3) is 4.09. The van der Waals surface area contributed by atoms with Crippen molar-refractivity contribution < 1.29 is 27.9 Å². The number of urea groups is 1. The van der Waals surface area contributed by atoms with Crippen LogP contribution in [0.2, 0.25) is 0 Å². The molecule has 7 nitrogen and oxygen atoms in total. The van der Waals surface area contributed by atoms with Crippen molar-refractivity contribution in [2.45, 2.75) is 57.7 Å². The van der Waals surface area contributed by atoms with Crippen LogP contribution in [-0.2, 0) is 15.1 Å². The number of carbonyl (C=O) groups excluding carboxylic acids is 3. The van der Waals surface area contributed by atoms with E-state index in [0.29, 0.717) is 17.4 Å². The van der Waals surface area contributed by atoms with Crippen LogP contribution in [0.1, 0.15) is 45.1 Å². The second-order valence-corrected chi connectivity index (χ2v) is 9.04. The number of imide groups is 1. The minimum Gasteiger partial charge on any atom is -0.435 e. The summed E-state index contributed by atoms with van der Waals surface area (Å²) in [7, 11) is 0. The van der Waals surface area contributed by atoms with Crippen LogP contribution in [0, 0.1) is 17.8 Å². The first kappa shape index (κ1) is 21.5. The first-order valence-electron chi connectivity index (χ1n) is 10.7. The molecule has 0 radical (unpaired) electrons. The first-order valence-corrected chi connectivity index (χ1v) is 10.7. The first-order chi connectivity index (χ1) is 14.7. The third-order valence-corrected chi connectivity index (χ3v) is 7.06. The summed E-state index contributed by atoms with van der Waals surface area (Å²) in [5.41, 5.74) is -0.984. The van der Waals surface area contributed by atoms with Crippen molar-refractivity contribution in [3.05, 3.63) is 29.8 Å². The predicted molar refractivity (Wildman–Crippen MR) is 107 cm³/mol. The Labute approximate surface area is 179 Å². The zero-order valence-electron chi connectivity index (χ0n) is 17.6. The summed E-state index contributed by atoms with van der Waals surface area (Å²) in [6, 6.07) is 4.82. The van der Waals surface area contributed by atoms with Crippen LogP contribution >= 0.6 is 0 Å². The van der Waals surface area contributed by atoms with E-state index in [9.17, 15) is 23.2 Å². The SMILES string of the molecule is C[C@H](NC(=O)CN1C(=O)N[C@@](C)(c2ccc(OC(F)F)cc2)C1=O)[C@@H]1C[C@H]2CC[C@@H]1C2. The molecule has 4 rings (SSSR count). The molecule has 9 heteroatoms. The van der Waals surface area contributed by atoms with Gasteiger partial charge in [0.05, 0.1) is 0 Å². The monoisotopic (exact) mass is 435 g/mol. The Balaban J connectivity index is 1.39. The topological polar surface area (TPSA) is 87.7 Å². The van der Waals surface area contributed by atoms with Gasteiger partial charge in [-0.3, -0.25) is 14.5 Å². The summed E-state index contributed by atoms with van der Waals surface area (Å²) in [5.74, 6) is 0.872. The van der Waals surface area contributed by atoms with Gasteiger partial charge in [0.2, 0.25) is 5.91 Å². The van der Waals surface area contributed by atoms with Gasteiger partial charge in [-0.15, -0.1) is 0 Å². The van der Waals surface area contributed by atoms with Gasteiger partial charge in [-0.05, 0) is 68.6 Å². The lowest BCUT2D eigenvalue weighted by molar-refractivity contribution is -0.135. The Kier molecular flexibility index (Phi) is 5.61. The van der Waals surface area contributed by atoms with Crippen molar-refractivity contribution in [3.63, 3.8) is 0 Å². The molecule has 0 spiro atoms. The molecule has 0 aromatic heterocycles. The van der Waals surface area contributed by atoms with Crippen LogP contribution in [0.3, 0.4) is 0 Å². The molecule has 2 bridgehead atoms. The zero-order chi connectivity index (χ0) is 22.3. The van der Waals surface area contributed by atoms with Crippen molar-refractivity contribution in [3.8, 4) is 5.75 Å². The number of nitrogens with one attached hydrogen (secondary N) is 2. The van der Waals surface area contributed by atoms with Crippen molar-refractivity contribution in [1.29, 1.82) is 0 Å². The number of carbonyl (C=O) groups is 3. The molecule has 1 aromatic carbocycles. The quantitative estimate of drug-likeness (QED) is 0.645. The third-order valence-electron chi connectivity index (χ3n) is 7.06. The smallest absolute Gasteiger partial charge is 0.387 e. The van der Waals surface area contributed by atoms with Crippen LogP contribution in [0.15, 0.2) is 24.3 Å². The number of rotatable bonds is 7. The highest BCUT2D eigenvalue weighted by Gasteiger charge is 2.50. The number of ether oxygens (including phenoxy) is 1. The Hall–Kier alpha value is -2.71. The molecule has 5 atom stereocenters. The van der Waals surface area contributed by atoms with E-state index >= 15 is 0 Å². The molecule has 4 amide bonds. The number of amides is 4. The number of nitrogens with zero attached hydrogens (tertiary/aromatic N) is 1. The molecule has 2 saturated carbocycles. The molecule has 2 N–H and O–H groups in total. The molecule has 2 aliphatic carbocycles. The fourth-order valence-electron chi connectivity index (χ4n) is 5.46. The van der Waals surface area contributed by atoms with E-state index in [1.54, 1.807) is 0 Å². The molecular formula is C22H27F2N3O4. The number of hydrogen-bond donors (Lipinski definition) is 2. The molecular weight excluding hydrogens is 408 g/mol. The van der Waals surface area contributed by atoms with E-state index < -0.39 is 24.1 Å². The maximum atomic E-state index is 13.0. The number of halogens is 2. The molecule has 0 unspecified atom stereocenters. The van der Waals surface area contributed by atoms with Crippen LogP contribution in [0.4, 0.5) is 13.6 Å². The van der Waals surface area contributed by atoms with E-state index in [4.69, 9.17) is 0 Å². The van der Waals surface area contributed by atoms with Gasteiger partial charge in [0.15, 0.2) is 0 Å². The highest BCUT2D eigenvalue weighted by Crippen LogP contribution is 2.49. The second kappa shape index (κ2) is 8.09. The molecule has 1 aromatic rings. The van der Waals surface area contributed by atoms with Crippen LogP contribution < -0.4 is 15.4 Å². The van der Waals surface area contributed by atoms with Crippen LogP contribution in [0.5, 0.6) is 5.75 Å². The lowest BCUT2D eigenvalue weighted by Crippen LogP contribution is -2.47. The Morgan fingerprint density at radius 1 is 1.26 bits per heavy atom. The maximum Gasteiger partial charge on any atom is 0.387 e. The van der Waals surface area contributed by atoms with Gasteiger partial charge in [0.1, 0.15) is 17.8 Å². The summed E-state index contributed by atoms with van der Waals surface area (Å²) in [4.78, 5) is 38.9. The molecule has 3 aliphatic rings. The maximum absolute atomic E-state index is 13.0. The average Bonchev–Trinajstić information content (AvgIpc) is 3.39.